The molecule has 0 bridgehead atoms. The van der Waals surface area contributed by atoms with Gasteiger partial charge >= 0.3 is 11.9 Å². The third-order valence-electron chi connectivity index (χ3n) is 2.32. The molecule has 0 aliphatic carbocycles. The minimum atomic E-state index is -0.347. The van der Waals surface area contributed by atoms with Crippen LogP contribution in [0, 0.1) is 0 Å². The van der Waals surface area contributed by atoms with Crippen molar-refractivity contribution in [2.75, 3.05) is 13.2 Å². The average Bonchev–Trinajstić information content (AvgIpc) is 2.30. The van der Waals surface area contributed by atoms with Crippen LogP contribution in [0.25, 0.3) is 0 Å². The van der Waals surface area contributed by atoms with Crippen molar-refractivity contribution in [3.8, 4) is 0 Å². The first-order chi connectivity index (χ1) is 8.49. The van der Waals surface area contributed by atoms with Crippen molar-refractivity contribution in [3.05, 3.63) is 34.3 Å². The Morgan fingerprint density at radius 3 is 1.89 bits per heavy atom. The molecule has 0 heterocycles. The highest BCUT2D eigenvalue weighted by molar-refractivity contribution is 9.10. The average molecular weight is 315 g/mol. The lowest BCUT2D eigenvalue weighted by Crippen LogP contribution is -2.17. The summed E-state index contributed by atoms with van der Waals surface area (Å²) in [5.41, 5.74) is 0.959. The van der Waals surface area contributed by atoms with Crippen LogP contribution in [0.5, 0.6) is 0 Å². The predicted octanol–water partition coefficient (Wildman–Crippen LogP) is 2.66. The van der Waals surface area contributed by atoms with E-state index < -0.39 is 0 Å². The van der Waals surface area contributed by atoms with Gasteiger partial charge in [-0.3, -0.25) is 9.59 Å². The molecule has 4 nitrogen and oxygen atoms in total. The van der Waals surface area contributed by atoms with Crippen molar-refractivity contribution < 1.29 is 19.1 Å². The lowest BCUT2D eigenvalue weighted by Gasteiger charge is -2.16. The van der Waals surface area contributed by atoms with Crippen molar-refractivity contribution >= 4 is 27.9 Å². The molecule has 0 aliphatic heterocycles. The summed E-state index contributed by atoms with van der Waals surface area (Å²) in [4.78, 5) is 21.7. The van der Waals surface area contributed by atoms with Crippen LogP contribution in [-0.4, -0.2) is 25.2 Å². The molecule has 1 aromatic rings. The molecule has 0 saturated heterocycles. The molecule has 0 atom stereocenters. The summed E-state index contributed by atoms with van der Waals surface area (Å²) >= 11 is 3.35. The molecule has 0 aliphatic rings. The quantitative estimate of drug-likeness (QED) is 0.784. The summed E-state index contributed by atoms with van der Waals surface area (Å²) in [6.07, 6.45) is 0. The maximum Gasteiger partial charge on any atom is 0.302 e. The molecule has 1 rings (SSSR count). The van der Waals surface area contributed by atoms with E-state index in [1.807, 2.05) is 24.3 Å². The molecular weight excluding hydrogens is 300 g/mol. The molecule has 0 N–H and O–H groups in total. The fourth-order valence-corrected chi connectivity index (χ4v) is 1.68. The summed E-state index contributed by atoms with van der Waals surface area (Å²) in [6, 6.07) is 7.59. The second-order valence-corrected chi connectivity index (χ2v) is 4.77. The van der Waals surface area contributed by atoms with Crippen LogP contribution < -0.4 is 0 Å². The number of hydrogen-bond donors (Lipinski definition) is 0. The largest absolute Gasteiger partial charge is 0.465 e. The first-order valence-corrected chi connectivity index (χ1v) is 6.30. The topological polar surface area (TPSA) is 52.6 Å². The highest BCUT2D eigenvalue weighted by Gasteiger charge is 2.15. The van der Waals surface area contributed by atoms with E-state index in [0.29, 0.717) is 0 Å². The number of esters is 2. The highest BCUT2D eigenvalue weighted by atomic mass is 79.9. The maximum absolute atomic E-state index is 10.8. The Hall–Kier alpha value is -1.36. The molecule has 0 radical (unpaired) electrons. The third-order valence-corrected chi connectivity index (χ3v) is 2.85. The first-order valence-electron chi connectivity index (χ1n) is 5.51. The Kier molecular flexibility index (Phi) is 5.85. The monoisotopic (exact) mass is 314 g/mol. The first kappa shape index (κ1) is 14.7. The molecule has 0 saturated carbocycles. The van der Waals surface area contributed by atoms with Gasteiger partial charge in [-0.25, -0.2) is 0 Å². The van der Waals surface area contributed by atoms with E-state index in [1.54, 1.807) is 0 Å². The van der Waals surface area contributed by atoms with E-state index in [9.17, 15) is 9.59 Å². The molecule has 18 heavy (non-hydrogen) atoms. The Bertz CT molecular complexity index is 396. The Morgan fingerprint density at radius 2 is 1.50 bits per heavy atom. The van der Waals surface area contributed by atoms with Gasteiger partial charge in [-0.1, -0.05) is 28.1 Å². The molecule has 5 heteroatoms. The van der Waals surface area contributed by atoms with Crippen molar-refractivity contribution in [2.24, 2.45) is 0 Å². The minimum absolute atomic E-state index is 0.147. The zero-order chi connectivity index (χ0) is 13.5. The summed E-state index contributed by atoms with van der Waals surface area (Å²) in [7, 11) is 0. The summed E-state index contributed by atoms with van der Waals surface area (Å²) in [5.74, 6) is -0.842. The lowest BCUT2D eigenvalue weighted by atomic mass is 10.0. The molecule has 1 aromatic carbocycles. The van der Waals surface area contributed by atoms with Gasteiger partial charge in [-0.15, -0.1) is 0 Å². The van der Waals surface area contributed by atoms with Crippen molar-refractivity contribution in [2.45, 2.75) is 19.8 Å². The Morgan fingerprint density at radius 1 is 1.06 bits per heavy atom. The van der Waals surface area contributed by atoms with Crippen LogP contribution >= 0.6 is 15.9 Å². The number of benzene rings is 1. The Labute approximate surface area is 114 Å². The maximum atomic E-state index is 10.8. The SMILES string of the molecule is CC(=O)OCC(COC(C)=O)c1ccc(Br)cc1. The second kappa shape index (κ2) is 7.16. The standard InChI is InChI=1S/C13H15BrO4/c1-9(15)17-7-12(8-18-10(2)16)11-3-5-13(14)6-4-11/h3-6,12H,7-8H2,1-2H3. The van der Waals surface area contributed by atoms with Gasteiger partial charge in [0.05, 0.1) is 5.92 Å². The Balaban J connectivity index is 2.71. The van der Waals surface area contributed by atoms with E-state index in [4.69, 9.17) is 9.47 Å². The molecule has 0 unspecified atom stereocenters. The zero-order valence-electron chi connectivity index (χ0n) is 10.3. The van der Waals surface area contributed by atoms with Gasteiger partial charge in [-0.2, -0.15) is 0 Å². The smallest absolute Gasteiger partial charge is 0.302 e. The van der Waals surface area contributed by atoms with E-state index in [2.05, 4.69) is 15.9 Å². The third kappa shape index (κ3) is 5.31. The van der Waals surface area contributed by atoms with Crippen LogP contribution in [-0.2, 0) is 19.1 Å². The zero-order valence-corrected chi connectivity index (χ0v) is 11.9. The van der Waals surface area contributed by atoms with Gasteiger partial charge in [-0.05, 0) is 17.7 Å². The van der Waals surface area contributed by atoms with Crippen LogP contribution in [0.3, 0.4) is 0 Å². The van der Waals surface area contributed by atoms with Gasteiger partial charge in [0.2, 0.25) is 0 Å². The van der Waals surface area contributed by atoms with Crippen LogP contribution in [0.2, 0.25) is 0 Å². The summed E-state index contributed by atoms with van der Waals surface area (Å²) < 4.78 is 10.9. The van der Waals surface area contributed by atoms with Gasteiger partial charge in [0.15, 0.2) is 0 Å². The van der Waals surface area contributed by atoms with Crippen molar-refractivity contribution in [1.82, 2.24) is 0 Å². The molecule has 0 spiro atoms. The number of ether oxygens (including phenoxy) is 2. The van der Waals surface area contributed by atoms with Gasteiger partial charge in [0.1, 0.15) is 13.2 Å². The fraction of sp³-hybridized carbons (Fsp3) is 0.385. The fourth-order valence-electron chi connectivity index (χ4n) is 1.41. The molecule has 0 aromatic heterocycles. The number of hydrogen-bond acceptors (Lipinski definition) is 4. The summed E-state index contributed by atoms with van der Waals surface area (Å²) in [5, 5.41) is 0. The number of carbonyl (C=O) groups is 2. The highest BCUT2D eigenvalue weighted by Crippen LogP contribution is 2.20. The lowest BCUT2D eigenvalue weighted by molar-refractivity contribution is -0.144. The minimum Gasteiger partial charge on any atom is -0.465 e. The van der Waals surface area contributed by atoms with Crippen molar-refractivity contribution in [1.29, 1.82) is 0 Å². The second-order valence-electron chi connectivity index (χ2n) is 3.85. The van der Waals surface area contributed by atoms with E-state index in [0.717, 1.165) is 10.0 Å². The molecule has 0 amide bonds. The van der Waals surface area contributed by atoms with Crippen LogP contribution in [0.1, 0.15) is 25.3 Å². The van der Waals surface area contributed by atoms with Gasteiger partial charge in [0.25, 0.3) is 0 Å². The van der Waals surface area contributed by atoms with Gasteiger partial charge < -0.3 is 9.47 Å². The number of carbonyl (C=O) groups excluding carboxylic acids is 2. The number of halogens is 1. The summed E-state index contributed by atoms with van der Waals surface area (Å²) in [6.45, 7) is 3.10. The van der Waals surface area contributed by atoms with Gasteiger partial charge in [0, 0.05) is 18.3 Å². The number of rotatable bonds is 5. The van der Waals surface area contributed by atoms with E-state index >= 15 is 0 Å². The van der Waals surface area contributed by atoms with Crippen molar-refractivity contribution in [3.63, 3.8) is 0 Å². The van der Waals surface area contributed by atoms with E-state index in [1.165, 1.54) is 13.8 Å². The molecule has 0 fully saturated rings. The predicted molar refractivity (Wildman–Crippen MR) is 70.1 cm³/mol. The van der Waals surface area contributed by atoms with Crippen LogP contribution in [0.15, 0.2) is 28.7 Å². The van der Waals surface area contributed by atoms with E-state index in [-0.39, 0.29) is 31.1 Å². The molecule has 98 valence electrons. The van der Waals surface area contributed by atoms with Crippen LogP contribution in [0.4, 0.5) is 0 Å². The normalized spacial score (nSPS) is 10.2. The molecular formula is C13H15BrO4.